The van der Waals surface area contributed by atoms with Crippen LogP contribution in [0.3, 0.4) is 0 Å². The van der Waals surface area contributed by atoms with Gasteiger partial charge < -0.3 is 0 Å². The molecule has 2 aromatic carbocycles. The molecule has 3 rings (SSSR count). The summed E-state index contributed by atoms with van der Waals surface area (Å²) in [5, 5.41) is 1.42. The van der Waals surface area contributed by atoms with Crippen molar-refractivity contribution in [1.82, 2.24) is 0 Å². The van der Waals surface area contributed by atoms with E-state index in [9.17, 15) is 8.42 Å². The molecule has 0 saturated heterocycles. The van der Waals surface area contributed by atoms with E-state index in [-0.39, 0.29) is 5.75 Å². The quantitative estimate of drug-likeness (QED) is 0.853. The zero-order valence-corrected chi connectivity index (χ0v) is 13.2. The minimum absolute atomic E-state index is 0.000969. The van der Waals surface area contributed by atoms with Crippen molar-refractivity contribution in [1.29, 1.82) is 0 Å². The molecule has 0 fully saturated rings. The fourth-order valence-corrected chi connectivity index (χ4v) is 4.16. The summed E-state index contributed by atoms with van der Waals surface area (Å²) in [5.74, 6) is 0.000969. The Morgan fingerprint density at radius 3 is 2.05 bits per heavy atom. The van der Waals surface area contributed by atoms with Gasteiger partial charge >= 0.3 is 0 Å². The molecule has 1 aliphatic rings. The van der Waals surface area contributed by atoms with Gasteiger partial charge in [0.15, 0.2) is 0 Å². The van der Waals surface area contributed by atoms with Crippen LogP contribution in [-0.2, 0) is 14.4 Å². The average Bonchev–Trinajstić information content (AvgIpc) is 2.47. The summed E-state index contributed by atoms with van der Waals surface area (Å²) in [7, 11) is -3.60. The topological polar surface area (TPSA) is 46.6 Å². The second-order valence-corrected chi connectivity index (χ2v) is 7.42. The maximum absolute atomic E-state index is 12.0. The fraction of sp³-hybridized carbons (Fsp3) is 0.200. The van der Waals surface area contributed by atoms with Gasteiger partial charge in [-0.3, -0.25) is 0 Å². The number of hydrogen-bond acceptors (Lipinski definition) is 5. The Morgan fingerprint density at radius 2 is 1.52 bits per heavy atom. The molecule has 0 N–H and O–H groups in total. The zero-order chi connectivity index (χ0) is 14.9. The van der Waals surface area contributed by atoms with Crippen LogP contribution in [-0.4, -0.2) is 14.2 Å². The predicted octanol–water partition coefficient (Wildman–Crippen LogP) is 3.96. The van der Waals surface area contributed by atoms with E-state index >= 15 is 0 Å². The van der Waals surface area contributed by atoms with Crippen molar-refractivity contribution in [2.24, 2.45) is 0 Å². The van der Waals surface area contributed by atoms with E-state index < -0.39 is 10.1 Å². The third-order valence-electron chi connectivity index (χ3n) is 3.03. The van der Waals surface area contributed by atoms with Crippen molar-refractivity contribution in [3.63, 3.8) is 0 Å². The van der Waals surface area contributed by atoms with Crippen LogP contribution in [0.2, 0.25) is 0 Å². The highest BCUT2D eigenvalue weighted by Gasteiger charge is 2.27. The lowest BCUT2D eigenvalue weighted by molar-refractivity contribution is 0.319. The Hall–Kier alpha value is -1.50. The highest BCUT2D eigenvalue weighted by atomic mass is 32.2. The Balaban J connectivity index is 2.07. The van der Waals surface area contributed by atoms with Crippen LogP contribution >= 0.6 is 11.8 Å². The van der Waals surface area contributed by atoms with E-state index in [1.165, 1.54) is 5.06 Å². The zero-order valence-electron chi connectivity index (χ0n) is 11.5. The van der Waals surface area contributed by atoms with Crippen LogP contribution in [0.25, 0.3) is 0 Å². The molecule has 0 amide bonds. The molecule has 6 heteroatoms. The lowest BCUT2D eigenvalue weighted by Gasteiger charge is -2.30. The van der Waals surface area contributed by atoms with Crippen molar-refractivity contribution >= 4 is 33.3 Å². The predicted molar refractivity (Wildman–Crippen MR) is 84.3 cm³/mol. The van der Waals surface area contributed by atoms with Gasteiger partial charge in [-0.05, 0) is 30.7 Å². The summed E-state index contributed by atoms with van der Waals surface area (Å²) < 4.78 is 29.5. The summed E-state index contributed by atoms with van der Waals surface area (Å²) in [4.78, 5) is 1.95. The standard InChI is InChI=1S/C15H15NO3S2/c1-2-11-21(17,18)19-16-12-7-3-5-9-14(12)20-15-10-6-4-8-13(15)16/h3-10H,2,11H2,1H3. The highest BCUT2D eigenvalue weighted by Crippen LogP contribution is 2.48. The maximum atomic E-state index is 12.0. The van der Waals surface area contributed by atoms with E-state index in [0.29, 0.717) is 6.42 Å². The van der Waals surface area contributed by atoms with Gasteiger partial charge in [0, 0.05) is 9.79 Å². The molecule has 0 radical (unpaired) electrons. The Labute approximate surface area is 128 Å². The Morgan fingerprint density at radius 1 is 1.00 bits per heavy atom. The second-order valence-electron chi connectivity index (χ2n) is 4.67. The minimum Gasteiger partial charge on any atom is -0.202 e. The summed E-state index contributed by atoms with van der Waals surface area (Å²) in [5.41, 5.74) is 1.50. The molecular weight excluding hydrogens is 306 g/mol. The molecule has 0 bridgehead atoms. The third-order valence-corrected chi connectivity index (χ3v) is 5.44. The molecular formula is C15H15NO3S2. The van der Waals surface area contributed by atoms with E-state index in [1.54, 1.807) is 11.8 Å². The SMILES string of the molecule is CCCS(=O)(=O)ON1c2ccccc2Sc2ccccc21. The number of nitrogens with zero attached hydrogens (tertiary/aromatic N) is 1. The van der Waals surface area contributed by atoms with Crippen molar-refractivity contribution < 1.29 is 12.7 Å². The van der Waals surface area contributed by atoms with Crippen LogP contribution in [0.1, 0.15) is 13.3 Å². The van der Waals surface area contributed by atoms with Crippen molar-refractivity contribution in [2.75, 3.05) is 10.8 Å². The molecule has 2 aromatic rings. The largest absolute Gasteiger partial charge is 0.288 e. The van der Waals surface area contributed by atoms with Gasteiger partial charge in [0.25, 0.3) is 10.1 Å². The van der Waals surface area contributed by atoms with Crippen molar-refractivity contribution in [2.45, 2.75) is 23.1 Å². The first-order chi connectivity index (χ1) is 10.1. The number of anilines is 2. The van der Waals surface area contributed by atoms with Crippen LogP contribution in [0, 0.1) is 0 Å². The monoisotopic (exact) mass is 321 g/mol. The van der Waals surface area contributed by atoms with Gasteiger partial charge in [-0.15, -0.1) is 4.28 Å². The number of para-hydroxylation sites is 2. The van der Waals surface area contributed by atoms with Crippen LogP contribution < -0.4 is 5.06 Å². The molecule has 21 heavy (non-hydrogen) atoms. The first-order valence-electron chi connectivity index (χ1n) is 6.69. The molecule has 0 atom stereocenters. The van der Waals surface area contributed by atoms with E-state index in [1.807, 2.05) is 55.5 Å². The molecule has 0 saturated carbocycles. The van der Waals surface area contributed by atoms with Gasteiger partial charge in [0.05, 0.1) is 17.1 Å². The molecule has 0 aromatic heterocycles. The summed E-state index contributed by atoms with van der Waals surface area (Å²) in [6, 6.07) is 15.2. The normalized spacial score (nSPS) is 13.7. The Kier molecular flexibility index (Phi) is 3.93. The van der Waals surface area contributed by atoms with Gasteiger partial charge in [-0.1, -0.05) is 43.0 Å². The summed E-state index contributed by atoms with van der Waals surface area (Å²) in [6.45, 7) is 1.81. The number of rotatable bonds is 4. The number of fused-ring (bicyclic) bond motifs is 2. The van der Waals surface area contributed by atoms with Gasteiger partial charge in [0.2, 0.25) is 0 Å². The van der Waals surface area contributed by atoms with Gasteiger partial charge in [0.1, 0.15) is 0 Å². The molecule has 110 valence electrons. The number of benzene rings is 2. The molecule has 1 heterocycles. The molecule has 4 nitrogen and oxygen atoms in total. The molecule has 0 spiro atoms. The Bertz CT molecular complexity index is 714. The van der Waals surface area contributed by atoms with Gasteiger partial charge in [-0.2, -0.15) is 8.42 Å². The first-order valence-corrected chi connectivity index (χ1v) is 9.08. The van der Waals surface area contributed by atoms with Gasteiger partial charge in [-0.25, -0.2) is 5.06 Å². The van der Waals surface area contributed by atoms with E-state index in [4.69, 9.17) is 4.28 Å². The fourth-order valence-electron chi connectivity index (χ4n) is 2.15. The lowest BCUT2D eigenvalue weighted by atomic mass is 10.2. The minimum atomic E-state index is -3.60. The van der Waals surface area contributed by atoms with Crippen molar-refractivity contribution in [3.05, 3.63) is 48.5 Å². The third kappa shape index (κ3) is 2.92. The van der Waals surface area contributed by atoms with Crippen LogP contribution in [0.15, 0.2) is 58.3 Å². The summed E-state index contributed by atoms with van der Waals surface area (Å²) in [6.07, 6.45) is 0.522. The molecule has 0 aliphatic carbocycles. The second kappa shape index (κ2) is 5.71. The highest BCUT2D eigenvalue weighted by molar-refractivity contribution is 7.99. The van der Waals surface area contributed by atoms with Crippen LogP contribution in [0.4, 0.5) is 11.4 Å². The average molecular weight is 321 g/mol. The van der Waals surface area contributed by atoms with Crippen molar-refractivity contribution in [3.8, 4) is 0 Å². The maximum Gasteiger partial charge on any atom is 0.288 e. The lowest BCUT2D eigenvalue weighted by Crippen LogP contribution is -2.26. The van der Waals surface area contributed by atoms with E-state index in [0.717, 1.165) is 21.2 Å². The first kappa shape index (κ1) is 14.4. The van der Waals surface area contributed by atoms with Crippen LogP contribution in [0.5, 0.6) is 0 Å². The molecule has 0 unspecified atom stereocenters. The van der Waals surface area contributed by atoms with E-state index in [2.05, 4.69) is 0 Å². The smallest absolute Gasteiger partial charge is 0.202 e. The summed E-state index contributed by atoms with van der Waals surface area (Å²) >= 11 is 1.61. The number of hydrogen-bond donors (Lipinski definition) is 0. The molecule has 1 aliphatic heterocycles.